The van der Waals surface area contributed by atoms with Crippen LogP contribution >= 0.6 is 0 Å². The Kier molecular flexibility index (Phi) is 9.48. The number of carbonyl (C=O) groups excluding carboxylic acids is 3. The Morgan fingerprint density at radius 3 is 2.11 bits per heavy atom. The molecule has 54 heavy (non-hydrogen) atoms. The molecular weight excluding hydrogens is 673 g/mol. The van der Waals surface area contributed by atoms with E-state index in [1.165, 1.54) is 40.8 Å². The first-order valence-corrected chi connectivity index (χ1v) is 20.1. The molecule has 3 heterocycles. The predicted octanol–water partition coefficient (Wildman–Crippen LogP) is 6.70. The molecule has 2 amide bonds. The van der Waals surface area contributed by atoms with E-state index in [4.69, 9.17) is 0 Å². The molecule has 0 saturated carbocycles. The van der Waals surface area contributed by atoms with Crippen LogP contribution in [0, 0.1) is 17.8 Å². The van der Waals surface area contributed by atoms with Gasteiger partial charge in [-0.15, -0.1) is 0 Å². The highest BCUT2D eigenvalue weighted by atomic mass is 16.3. The van der Waals surface area contributed by atoms with Crippen LogP contribution in [-0.2, 0) is 22.4 Å². The molecule has 8 heteroatoms. The molecule has 1 unspecified atom stereocenters. The number of Topliss-reactive ketones (excluding diaryl/α,β-unsaturated/α-hetero) is 1. The van der Waals surface area contributed by atoms with Crippen LogP contribution in [0.1, 0.15) is 82.1 Å². The van der Waals surface area contributed by atoms with Crippen LogP contribution in [0.4, 0.5) is 11.4 Å². The number of nitrogens with zero attached hydrogens (tertiary/aromatic N) is 3. The summed E-state index contributed by atoms with van der Waals surface area (Å²) in [5.74, 6) is 0.449. The number of phenols is 1. The molecule has 3 saturated heterocycles. The number of imide groups is 1. The largest absolute Gasteiger partial charge is 0.508 e. The van der Waals surface area contributed by atoms with Crippen molar-refractivity contribution in [3.05, 3.63) is 124 Å². The number of fused-ring (bicyclic) bond motifs is 2. The number of hydrogen-bond donors (Lipinski definition) is 2. The molecule has 278 valence electrons. The van der Waals surface area contributed by atoms with E-state index in [9.17, 15) is 19.5 Å². The van der Waals surface area contributed by atoms with Crippen molar-refractivity contribution in [3.8, 4) is 5.75 Å². The zero-order valence-electron chi connectivity index (χ0n) is 31.0. The fraction of sp³-hybridized carbons (Fsp3) is 0.413. The standard InChI is InChI=1S/C46H50N4O4/c51-37-12-15-39-33(27-37)8-13-38(31-4-2-1-3-5-31)44(39)32-6-9-35(10-7-32)49-20-18-30(19-21-49)29-48-22-24-50(25-23-48)36-11-14-40-34(26-36)28-42(45(40)53)41-16-17-43(52)47-46(41)54/h1-7,9-12,14-15,26-27,30,38,41-42,44,51H,8,13,16-25,28-29H2,(H,47,52,54)/t38-,41-,42?,44+/m1/s1. The van der Waals surface area contributed by atoms with E-state index in [2.05, 4.69) is 92.8 Å². The van der Waals surface area contributed by atoms with Gasteiger partial charge in [0.2, 0.25) is 11.8 Å². The number of benzene rings is 4. The number of aryl methyl sites for hydroxylation is 1. The van der Waals surface area contributed by atoms with Gasteiger partial charge in [0.15, 0.2) is 5.78 Å². The van der Waals surface area contributed by atoms with E-state index in [0.29, 0.717) is 36.8 Å². The maximum atomic E-state index is 13.2. The lowest BCUT2D eigenvalue weighted by molar-refractivity contribution is -0.137. The summed E-state index contributed by atoms with van der Waals surface area (Å²) in [4.78, 5) is 45.0. The molecule has 4 aromatic rings. The van der Waals surface area contributed by atoms with Crippen LogP contribution in [0.15, 0.2) is 91.0 Å². The fourth-order valence-corrected chi connectivity index (χ4v) is 10.2. The third-order valence-electron chi connectivity index (χ3n) is 13.2. The molecule has 4 aromatic carbocycles. The van der Waals surface area contributed by atoms with Crippen molar-refractivity contribution in [3.63, 3.8) is 0 Å². The Morgan fingerprint density at radius 1 is 0.630 bits per heavy atom. The van der Waals surface area contributed by atoms with Gasteiger partial charge in [0, 0.05) is 86.9 Å². The van der Waals surface area contributed by atoms with Crippen molar-refractivity contribution < 1.29 is 19.5 Å². The smallest absolute Gasteiger partial charge is 0.230 e. The number of carbonyl (C=O) groups is 3. The van der Waals surface area contributed by atoms with Gasteiger partial charge in [0.25, 0.3) is 0 Å². The van der Waals surface area contributed by atoms with Gasteiger partial charge in [0.1, 0.15) is 5.75 Å². The van der Waals surface area contributed by atoms with Gasteiger partial charge in [-0.1, -0.05) is 48.5 Å². The average molecular weight is 723 g/mol. The second kappa shape index (κ2) is 14.7. The summed E-state index contributed by atoms with van der Waals surface area (Å²) in [5, 5.41) is 12.7. The first-order valence-electron chi connectivity index (χ1n) is 20.1. The van der Waals surface area contributed by atoms with Gasteiger partial charge in [-0.05, 0) is 121 Å². The van der Waals surface area contributed by atoms with Crippen LogP contribution in [-0.4, -0.2) is 73.4 Å². The lowest BCUT2D eigenvalue weighted by Crippen LogP contribution is -2.49. The number of amides is 2. The van der Waals surface area contributed by atoms with E-state index in [1.54, 1.807) is 0 Å². The molecular formula is C46H50N4O4. The summed E-state index contributed by atoms with van der Waals surface area (Å²) in [5.41, 5.74) is 9.58. The van der Waals surface area contributed by atoms with Crippen molar-refractivity contribution in [1.29, 1.82) is 0 Å². The molecule has 0 radical (unpaired) electrons. The van der Waals surface area contributed by atoms with Gasteiger partial charge in [-0.25, -0.2) is 0 Å². The number of anilines is 2. The summed E-state index contributed by atoms with van der Waals surface area (Å²) in [6.07, 6.45) is 5.79. The second-order valence-corrected chi connectivity index (χ2v) is 16.3. The predicted molar refractivity (Wildman–Crippen MR) is 211 cm³/mol. The van der Waals surface area contributed by atoms with Crippen LogP contribution in [0.2, 0.25) is 0 Å². The molecule has 4 atom stereocenters. The first-order chi connectivity index (χ1) is 26.4. The Labute approximate surface area is 318 Å². The minimum atomic E-state index is -0.419. The maximum Gasteiger partial charge on any atom is 0.230 e. The van der Waals surface area contributed by atoms with Gasteiger partial charge < -0.3 is 14.9 Å². The zero-order chi connectivity index (χ0) is 36.8. The molecule has 0 aromatic heterocycles. The molecule has 3 aliphatic heterocycles. The van der Waals surface area contributed by atoms with Crippen molar-refractivity contribution in [2.45, 2.75) is 56.8 Å². The third kappa shape index (κ3) is 6.81. The molecule has 2 N–H and O–H groups in total. The van der Waals surface area contributed by atoms with Gasteiger partial charge in [-0.2, -0.15) is 0 Å². The van der Waals surface area contributed by atoms with E-state index in [1.807, 2.05) is 18.2 Å². The lowest BCUT2D eigenvalue weighted by atomic mass is 9.69. The summed E-state index contributed by atoms with van der Waals surface area (Å²) >= 11 is 0. The SMILES string of the molecule is O=C1CC[C@H](C2Cc3cc(N4CCN(CC5CCN(c6ccc([C@@H]7c8ccc(O)cc8CC[C@@H]7c7ccccc7)cc6)CC5)CC4)ccc3C2=O)C(=O)N1. The Bertz CT molecular complexity index is 2030. The molecule has 3 fully saturated rings. The van der Waals surface area contributed by atoms with Crippen LogP contribution in [0.5, 0.6) is 5.75 Å². The number of rotatable bonds is 7. The summed E-state index contributed by atoms with van der Waals surface area (Å²) in [6, 6.07) is 32.4. The van der Waals surface area contributed by atoms with Gasteiger partial charge >= 0.3 is 0 Å². The highest BCUT2D eigenvalue weighted by molar-refractivity contribution is 6.07. The van der Waals surface area contributed by atoms with Gasteiger partial charge in [-0.3, -0.25) is 24.6 Å². The quantitative estimate of drug-likeness (QED) is 0.205. The third-order valence-corrected chi connectivity index (χ3v) is 13.2. The van der Waals surface area contributed by atoms with Crippen molar-refractivity contribution in [1.82, 2.24) is 10.2 Å². The molecule has 0 bridgehead atoms. The summed E-state index contributed by atoms with van der Waals surface area (Å²) < 4.78 is 0. The fourth-order valence-electron chi connectivity index (χ4n) is 10.2. The Hall–Kier alpha value is -4.95. The number of ketones is 1. The van der Waals surface area contributed by atoms with Crippen molar-refractivity contribution in [2.75, 3.05) is 55.6 Å². The van der Waals surface area contributed by atoms with Crippen molar-refractivity contribution >= 4 is 29.0 Å². The maximum absolute atomic E-state index is 13.2. The topological polar surface area (TPSA) is 93.2 Å². The molecule has 9 rings (SSSR count). The van der Waals surface area contributed by atoms with Crippen LogP contribution in [0.3, 0.4) is 0 Å². The normalized spacial score (nSPS) is 25.0. The number of hydrogen-bond acceptors (Lipinski definition) is 7. The average Bonchev–Trinajstić information content (AvgIpc) is 3.53. The van der Waals surface area contributed by atoms with Crippen LogP contribution < -0.4 is 15.1 Å². The highest BCUT2D eigenvalue weighted by Crippen LogP contribution is 2.47. The molecule has 5 aliphatic rings. The molecule has 8 nitrogen and oxygen atoms in total. The monoisotopic (exact) mass is 722 g/mol. The lowest BCUT2D eigenvalue weighted by Gasteiger charge is -2.40. The Morgan fingerprint density at radius 2 is 1.35 bits per heavy atom. The number of piperidine rings is 2. The van der Waals surface area contributed by atoms with E-state index in [-0.39, 0.29) is 29.4 Å². The number of aromatic hydroxyl groups is 1. The minimum absolute atomic E-state index is 0.0454. The minimum Gasteiger partial charge on any atom is -0.508 e. The summed E-state index contributed by atoms with van der Waals surface area (Å²) in [6.45, 7) is 7.30. The first kappa shape index (κ1) is 34.8. The second-order valence-electron chi connectivity index (χ2n) is 16.3. The van der Waals surface area contributed by atoms with E-state index < -0.39 is 5.92 Å². The molecule has 0 spiro atoms. The number of phenolic OH excluding ortho intramolecular Hbond substituents is 1. The van der Waals surface area contributed by atoms with Crippen molar-refractivity contribution in [2.24, 2.45) is 17.8 Å². The summed E-state index contributed by atoms with van der Waals surface area (Å²) in [7, 11) is 0. The molecule has 2 aliphatic carbocycles. The number of nitrogens with one attached hydrogen (secondary N) is 1. The van der Waals surface area contributed by atoms with Gasteiger partial charge in [0.05, 0.1) is 0 Å². The van der Waals surface area contributed by atoms with E-state index in [0.717, 1.165) is 75.5 Å². The zero-order valence-corrected chi connectivity index (χ0v) is 31.0. The Balaban J connectivity index is 0.780. The van der Waals surface area contributed by atoms with E-state index >= 15 is 0 Å². The number of piperazine rings is 1. The highest BCUT2D eigenvalue weighted by Gasteiger charge is 2.42. The van der Waals surface area contributed by atoms with Crippen LogP contribution in [0.25, 0.3) is 0 Å².